The van der Waals surface area contributed by atoms with E-state index < -0.39 is 22.3 Å². The van der Waals surface area contributed by atoms with Crippen molar-refractivity contribution in [3.63, 3.8) is 0 Å². The van der Waals surface area contributed by atoms with Crippen molar-refractivity contribution in [1.29, 1.82) is 0 Å². The molecule has 2 aromatic rings. The zero-order valence-corrected chi connectivity index (χ0v) is 12.0. The van der Waals surface area contributed by atoms with E-state index in [0.717, 1.165) is 17.4 Å². The fourth-order valence-electron chi connectivity index (χ4n) is 1.40. The molecule has 0 radical (unpaired) electrons. The smallest absolute Gasteiger partial charge is 0.239 e. The number of hydrogen-bond acceptors (Lipinski definition) is 3. The van der Waals surface area contributed by atoms with E-state index in [1.165, 1.54) is 0 Å². The minimum atomic E-state index is -1.57. The number of fused-ring (bicyclic) bond motifs is 1. The summed E-state index contributed by atoms with van der Waals surface area (Å²) in [6, 6.07) is 0.854. The van der Waals surface area contributed by atoms with Gasteiger partial charge in [-0.3, -0.25) is 4.79 Å². The summed E-state index contributed by atoms with van der Waals surface area (Å²) in [5, 5.41) is 2.56. The van der Waals surface area contributed by atoms with Gasteiger partial charge in [-0.05, 0) is 12.5 Å². The first-order valence-corrected chi connectivity index (χ1v) is 7.06. The average molecular weight is 353 g/mol. The molecule has 1 aromatic carbocycles. The minimum absolute atomic E-state index is 0.0989. The number of carbonyl (C=O) groups is 1. The molecule has 102 valence electrons. The molecule has 1 unspecified atom stereocenters. The van der Waals surface area contributed by atoms with Crippen LogP contribution in [0.3, 0.4) is 0 Å². The number of carbonyl (C=O) groups excluding carboxylic acids is 1. The van der Waals surface area contributed by atoms with Crippen molar-refractivity contribution in [2.24, 2.45) is 0 Å². The predicted molar refractivity (Wildman–Crippen MR) is 71.1 cm³/mol. The molecule has 1 heterocycles. The molecule has 0 aliphatic heterocycles. The van der Waals surface area contributed by atoms with Crippen molar-refractivity contribution in [1.82, 2.24) is 4.98 Å². The monoisotopic (exact) mass is 352 g/mol. The van der Waals surface area contributed by atoms with E-state index in [2.05, 4.69) is 26.2 Å². The zero-order chi connectivity index (χ0) is 14.2. The molecule has 8 heteroatoms. The Bertz CT molecular complexity index is 646. The fraction of sp³-hybridized carbons (Fsp3) is 0.273. The fourth-order valence-corrected chi connectivity index (χ4v) is 2.40. The van der Waals surface area contributed by atoms with Gasteiger partial charge < -0.3 is 5.32 Å². The van der Waals surface area contributed by atoms with Crippen LogP contribution in [-0.2, 0) is 4.79 Å². The van der Waals surface area contributed by atoms with Gasteiger partial charge in [-0.25, -0.2) is 18.2 Å². The van der Waals surface area contributed by atoms with E-state index in [0.29, 0.717) is 6.42 Å². The van der Waals surface area contributed by atoms with Crippen LogP contribution in [0.25, 0.3) is 10.2 Å². The van der Waals surface area contributed by atoms with Gasteiger partial charge in [0.2, 0.25) is 5.91 Å². The van der Waals surface area contributed by atoms with E-state index in [4.69, 9.17) is 0 Å². The van der Waals surface area contributed by atoms with Crippen molar-refractivity contribution in [3.05, 3.63) is 23.5 Å². The van der Waals surface area contributed by atoms with Crippen molar-refractivity contribution < 1.29 is 18.0 Å². The third-order valence-electron chi connectivity index (χ3n) is 2.39. The molecule has 1 amide bonds. The number of nitrogens with one attached hydrogen (secondary N) is 1. The summed E-state index contributed by atoms with van der Waals surface area (Å²) in [5.74, 6) is -4.54. The normalized spacial score (nSPS) is 12.7. The SMILES string of the molecule is CCC(Br)C(=O)Nc1nc2c(F)c(F)c(F)cc2s1. The number of alkyl halides is 1. The molecular weight excluding hydrogens is 345 g/mol. The van der Waals surface area contributed by atoms with Crippen molar-refractivity contribution in [2.75, 3.05) is 5.32 Å². The van der Waals surface area contributed by atoms with Gasteiger partial charge in [0.15, 0.2) is 22.6 Å². The van der Waals surface area contributed by atoms with Gasteiger partial charge in [0.05, 0.1) is 9.53 Å². The number of benzene rings is 1. The highest BCUT2D eigenvalue weighted by atomic mass is 79.9. The number of rotatable bonds is 3. The first kappa shape index (κ1) is 14.3. The number of aromatic nitrogens is 1. The van der Waals surface area contributed by atoms with Crippen molar-refractivity contribution in [2.45, 2.75) is 18.2 Å². The first-order valence-electron chi connectivity index (χ1n) is 5.33. The standard InChI is InChI=1S/C11H8BrF3N2OS/c1-2-4(12)10(18)17-11-16-9-6(19-11)3-5(13)7(14)8(9)15/h3-4H,2H2,1H3,(H,16,17,18). The van der Waals surface area contributed by atoms with Crippen LogP contribution in [0.15, 0.2) is 6.07 Å². The van der Waals surface area contributed by atoms with E-state index in [1.54, 1.807) is 0 Å². The summed E-state index contributed by atoms with van der Waals surface area (Å²) < 4.78 is 39.6. The first-order chi connectivity index (χ1) is 8.93. The predicted octanol–water partition coefficient (Wildman–Crippen LogP) is 3.83. The lowest BCUT2D eigenvalue weighted by molar-refractivity contribution is -0.115. The van der Waals surface area contributed by atoms with Crippen LogP contribution in [0, 0.1) is 17.5 Å². The van der Waals surface area contributed by atoms with Gasteiger partial charge >= 0.3 is 0 Å². The summed E-state index contributed by atoms with van der Waals surface area (Å²) in [4.78, 5) is 15.0. The second kappa shape index (κ2) is 5.46. The quantitative estimate of drug-likeness (QED) is 0.673. The Morgan fingerprint density at radius 1 is 1.47 bits per heavy atom. The van der Waals surface area contributed by atoms with Gasteiger partial charge in [-0.15, -0.1) is 0 Å². The molecule has 0 aliphatic rings. The lowest BCUT2D eigenvalue weighted by Gasteiger charge is -2.04. The lowest BCUT2D eigenvalue weighted by atomic mass is 10.3. The van der Waals surface area contributed by atoms with E-state index in [-0.39, 0.29) is 21.3 Å². The van der Waals surface area contributed by atoms with Gasteiger partial charge in [-0.1, -0.05) is 34.2 Å². The summed E-state index contributed by atoms with van der Waals surface area (Å²) in [6.45, 7) is 1.81. The molecule has 1 N–H and O–H groups in total. The number of amides is 1. The highest BCUT2D eigenvalue weighted by molar-refractivity contribution is 9.10. The molecule has 0 bridgehead atoms. The minimum Gasteiger partial charge on any atom is -0.301 e. The van der Waals surface area contributed by atoms with Gasteiger partial charge in [-0.2, -0.15) is 0 Å². The topological polar surface area (TPSA) is 42.0 Å². The molecule has 19 heavy (non-hydrogen) atoms. The van der Waals surface area contributed by atoms with Crippen LogP contribution in [0.5, 0.6) is 0 Å². The number of nitrogens with zero attached hydrogens (tertiary/aromatic N) is 1. The number of anilines is 1. The molecule has 0 fully saturated rings. The second-order valence-electron chi connectivity index (χ2n) is 3.72. The lowest BCUT2D eigenvalue weighted by Crippen LogP contribution is -2.21. The second-order valence-corrected chi connectivity index (χ2v) is 5.85. The molecule has 0 saturated heterocycles. The molecular formula is C11H8BrF3N2OS. The Balaban J connectivity index is 2.37. The van der Waals surface area contributed by atoms with Gasteiger partial charge in [0, 0.05) is 0 Å². The average Bonchev–Trinajstić information content (AvgIpc) is 2.77. The summed E-state index contributed by atoms with van der Waals surface area (Å²) in [5.41, 5.74) is -0.290. The Labute approximate surface area is 119 Å². The molecule has 1 atom stereocenters. The molecule has 0 saturated carbocycles. The Morgan fingerprint density at radius 3 is 2.79 bits per heavy atom. The largest absolute Gasteiger partial charge is 0.301 e. The molecule has 1 aromatic heterocycles. The maximum absolute atomic E-state index is 13.4. The highest BCUT2D eigenvalue weighted by Crippen LogP contribution is 2.30. The van der Waals surface area contributed by atoms with Gasteiger partial charge in [0.1, 0.15) is 5.52 Å². The molecule has 0 aliphatic carbocycles. The molecule has 0 spiro atoms. The molecule has 3 nitrogen and oxygen atoms in total. The van der Waals surface area contributed by atoms with E-state index >= 15 is 0 Å². The summed E-state index contributed by atoms with van der Waals surface area (Å²) in [7, 11) is 0. The van der Waals surface area contributed by atoms with Crippen LogP contribution < -0.4 is 5.32 Å². The highest BCUT2D eigenvalue weighted by Gasteiger charge is 2.19. The van der Waals surface area contributed by atoms with Gasteiger partial charge in [0.25, 0.3) is 0 Å². The summed E-state index contributed by atoms with van der Waals surface area (Å²) >= 11 is 4.03. The number of halogens is 4. The maximum Gasteiger partial charge on any atom is 0.239 e. The van der Waals surface area contributed by atoms with E-state index in [9.17, 15) is 18.0 Å². The Morgan fingerprint density at radius 2 is 2.16 bits per heavy atom. The van der Waals surface area contributed by atoms with E-state index in [1.807, 2.05) is 6.92 Å². The Hall–Kier alpha value is -1.15. The van der Waals surface area contributed by atoms with Crippen LogP contribution in [0.2, 0.25) is 0 Å². The van der Waals surface area contributed by atoms with Crippen LogP contribution in [0.4, 0.5) is 18.3 Å². The zero-order valence-electron chi connectivity index (χ0n) is 9.64. The Kier molecular flexibility index (Phi) is 4.10. The van der Waals surface area contributed by atoms with Crippen LogP contribution in [0.1, 0.15) is 13.3 Å². The molecule has 2 rings (SSSR count). The van der Waals surface area contributed by atoms with Crippen molar-refractivity contribution >= 4 is 48.5 Å². The third-order valence-corrected chi connectivity index (χ3v) is 4.38. The summed E-state index contributed by atoms with van der Waals surface area (Å²) in [6.07, 6.45) is 0.564. The number of thiazole rings is 1. The maximum atomic E-state index is 13.4. The number of hydrogen-bond donors (Lipinski definition) is 1. The van der Waals surface area contributed by atoms with Crippen molar-refractivity contribution in [3.8, 4) is 0 Å². The third kappa shape index (κ3) is 2.74. The van der Waals surface area contributed by atoms with Crippen LogP contribution >= 0.6 is 27.3 Å². The van der Waals surface area contributed by atoms with Crippen LogP contribution in [-0.4, -0.2) is 15.7 Å².